The summed E-state index contributed by atoms with van der Waals surface area (Å²) in [7, 11) is 0. The first-order valence-corrected chi connectivity index (χ1v) is 7.69. The number of hydrogen-bond donors (Lipinski definition) is 2. The first kappa shape index (κ1) is 17.5. The normalized spacial score (nSPS) is 10.8. The van der Waals surface area contributed by atoms with Gasteiger partial charge in [0, 0.05) is 5.56 Å². The largest absolute Gasteiger partial charge is 0.507 e. The van der Waals surface area contributed by atoms with Crippen molar-refractivity contribution in [1.82, 2.24) is 5.43 Å². The quantitative estimate of drug-likeness (QED) is 0.655. The van der Waals surface area contributed by atoms with E-state index in [-0.39, 0.29) is 18.3 Å². The SMILES string of the molecule is Cc1ccc(/C=N\NC(=O)COc2c(C)ccc(C)c2C)c(O)c1. The van der Waals surface area contributed by atoms with Crippen molar-refractivity contribution < 1.29 is 14.6 Å². The second kappa shape index (κ2) is 7.64. The van der Waals surface area contributed by atoms with E-state index in [1.54, 1.807) is 12.1 Å². The summed E-state index contributed by atoms with van der Waals surface area (Å²) >= 11 is 0. The number of phenols is 1. The minimum Gasteiger partial charge on any atom is -0.507 e. The van der Waals surface area contributed by atoms with Crippen molar-refractivity contribution in [1.29, 1.82) is 0 Å². The van der Waals surface area contributed by atoms with Gasteiger partial charge in [0.05, 0.1) is 6.21 Å². The van der Waals surface area contributed by atoms with Gasteiger partial charge in [0.2, 0.25) is 0 Å². The Morgan fingerprint density at radius 1 is 1.17 bits per heavy atom. The summed E-state index contributed by atoms with van der Waals surface area (Å²) in [5, 5.41) is 13.6. The first-order chi connectivity index (χ1) is 11.4. The third-order valence-electron chi connectivity index (χ3n) is 3.80. The van der Waals surface area contributed by atoms with Crippen LogP contribution < -0.4 is 10.2 Å². The lowest BCUT2D eigenvalue weighted by molar-refractivity contribution is -0.123. The molecule has 1 amide bonds. The minimum atomic E-state index is -0.363. The molecule has 2 rings (SSSR count). The Balaban J connectivity index is 1.92. The van der Waals surface area contributed by atoms with Crippen molar-refractivity contribution in [2.45, 2.75) is 27.7 Å². The van der Waals surface area contributed by atoms with Gasteiger partial charge in [-0.15, -0.1) is 0 Å². The topological polar surface area (TPSA) is 70.9 Å². The van der Waals surface area contributed by atoms with Gasteiger partial charge in [0.25, 0.3) is 5.91 Å². The van der Waals surface area contributed by atoms with Gasteiger partial charge >= 0.3 is 0 Å². The maximum Gasteiger partial charge on any atom is 0.277 e. The van der Waals surface area contributed by atoms with Gasteiger partial charge in [-0.05, 0) is 62.1 Å². The zero-order chi connectivity index (χ0) is 17.7. The van der Waals surface area contributed by atoms with Gasteiger partial charge in [-0.1, -0.05) is 18.2 Å². The number of nitrogens with one attached hydrogen (secondary N) is 1. The third-order valence-corrected chi connectivity index (χ3v) is 3.80. The molecule has 0 aliphatic carbocycles. The fraction of sp³-hybridized carbons (Fsp3) is 0.263. The van der Waals surface area contributed by atoms with Crippen LogP contribution in [0.25, 0.3) is 0 Å². The molecular formula is C19H22N2O3. The summed E-state index contributed by atoms with van der Waals surface area (Å²) in [5.41, 5.74) is 7.00. The first-order valence-electron chi connectivity index (χ1n) is 7.69. The number of carbonyl (C=O) groups is 1. The van der Waals surface area contributed by atoms with Crippen LogP contribution in [0.1, 0.15) is 27.8 Å². The smallest absolute Gasteiger partial charge is 0.277 e. The molecule has 2 aromatic carbocycles. The summed E-state index contributed by atoms with van der Waals surface area (Å²) in [5.74, 6) is 0.485. The van der Waals surface area contributed by atoms with Crippen LogP contribution in [0, 0.1) is 27.7 Å². The van der Waals surface area contributed by atoms with Crippen molar-refractivity contribution >= 4 is 12.1 Å². The van der Waals surface area contributed by atoms with Gasteiger partial charge in [0.15, 0.2) is 6.61 Å². The van der Waals surface area contributed by atoms with Crippen LogP contribution in [0.3, 0.4) is 0 Å². The number of amides is 1. The van der Waals surface area contributed by atoms with E-state index < -0.39 is 0 Å². The molecule has 126 valence electrons. The average molecular weight is 326 g/mol. The van der Waals surface area contributed by atoms with E-state index in [2.05, 4.69) is 10.5 Å². The number of nitrogens with zero attached hydrogens (tertiary/aromatic N) is 1. The maximum atomic E-state index is 11.8. The number of aryl methyl sites for hydroxylation is 3. The lowest BCUT2D eigenvalue weighted by Gasteiger charge is -2.13. The van der Waals surface area contributed by atoms with E-state index in [0.717, 1.165) is 28.0 Å². The van der Waals surface area contributed by atoms with Crippen molar-refractivity contribution in [3.63, 3.8) is 0 Å². The minimum absolute atomic E-state index is 0.121. The van der Waals surface area contributed by atoms with Crippen molar-refractivity contribution in [3.05, 3.63) is 58.1 Å². The Kier molecular flexibility index (Phi) is 5.58. The van der Waals surface area contributed by atoms with Crippen LogP contribution in [-0.4, -0.2) is 23.8 Å². The van der Waals surface area contributed by atoms with Crippen molar-refractivity contribution in [2.75, 3.05) is 6.61 Å². The Morgan fingerprint density at radius 3 is 2.58 bits per heavy atom. The molecule has 0 atom stereocenters. The van der Waals surface area contributed by atoms with E-state index in [0.29, 0.717) is 5.56 Å². The molecule has 2 aromatic rings. The van der Waals surface area contributed by atoms with Crippen LogP contribution in [0.4, 0.5) is 0 Å². The monoisotopic (exact) mass is 326 g/mol. The number of rotatable bonds is 5. The molecule has 0 aliphatic rings. The molecule has 0 saturated carbocycles. The van der Waals surface area contributed by atoms with E-state index in [1.807, 2.05) is 45.9 Å². The highest BCUT2D eigenvalue weighted by Crippen LogP contribution is 2.25. The molecule has 0 heterocycles. The zero-order valence-corrected chi connectivity index (χ0v) is 14.4. The van der Waals surface area contributed by atoms with Crippen LogP contribution in [0.15, 0.2) is 35.4 Å². The number of ether oxygens (including phenoxy) is 1. The molecule has 5 nitrogen and oxygen atoms in total. The summed E-state index contributed by atoms with van der Waals surface area (Å²) in [6.45, 7) is 7.67. The summed E-state index contributed by atoms with van der Waals surface area (Å²) in [6.07, 6.45) is 1.40. The maximum absolute atomic E-state index is 11.8. The fourth-order valence-electron chi connectivity index (χ4n) is 2.25. The standard InChI is InChI=1S/C19H22N2O3/c1-12-5-8-16(17(22)9-12)10-20-21-18(23)11-24-19-14(3)7-6-13(2)15(19)4/h5-10,22H,11H2,1-4H3,(H,21,23)/b20-10-. The second-order valence-corrected chi connectivity index (χ2v) is 5.80. The van der Waals surface area contributed by atoms with Crippen LogP contribution >= 0.6 is 0 Å². The van der Waals surface area contributed by atoms with Gasteiger partial charge < -0.3 is 9.84 Å². The van der Waals surface area contributed by atoms with Gasteiger partial charge in [-0.3, -0.25) is 4.79 Å². The molecule has 0 aliphatic heterocycles. The number of carbonyl (C=O) groups excluding carboxylic acids is 1. The van der Waals surface area contributed by atoms with Crippen LogP contribution in [-0.2, 0) is 4.79 Å². The Hall–Kier alpha value is -2.82. The predicted molar refractivity (Wildman–Crippen MR) is 94.7 cm³/mol. The number of benzene rings is 2. The summed E-state index contributed by atoms with van der Waals surface area (Å²) in [4.78, 5) is 11.8. The molecule has 24 heavy (non-hydrogen) atoms. The number of hydrogen-bond acceptors (Lipinski definition) is 4. The molecule has 0 fully saturated rings. The molecule has 0 bridgehead atoms. The third kappa shape index (κ3) is 4.35. The molecule has 2 N–H and O–H groups in total. The lowest BCUT2D eigenvalue weighted by Crippen LogP contribution is -2.25. The molecule has 0 unspecified atom stereocenters. The number of aromatic hydroxyl groups is 1. The fourth-order valence-corrected chi connectivity index (χ4v) is 2.25. The van der Waals surface area contributed by atoms with Gasteiger partial charge in [0.1, 0.15) is 11.5 Å². The molecule has 0 aromatic heterocycles. The lowest BCUT2D eigenvalue weighted by atomic mass is 10.1. The average Bonchev–Trinajstić information content (AvgIpc) is 2.53. The highest BCUT2D eigenvalue weighted by molar-refractivity contribution is 5.85. The van der Waals surface area contributed by atoms with E-state index in [9.17, 15) is 9.90 Å². The van der Waals surface area contributed by atoms with E-state index in [4.69, 9.17) is 4.74 Å². The zero-order valence-electron chi connectivity index (χ0n) is 14.4. The summed E-state index contributed by atoms with van der Waals surface area (Å²) < 4.78 is 5.62. The van der Waals surface area contributed by atoms with Crippen molar-refractivity contribution in [2.24, 2.45) is 5.10 Å². The van der Waals surface area contributed by atoms with Crippen LogP contribution in [0.5, 0.6) is 11.5 Å². The summed E-state index contributed by atoms with van der Waals surface area (Å²) in [6, 6.07) is 9.21. The highest BCUT2D eigenvalue weighted by Gasteiger charge is 2.08. The Morgan fingerprint density at radius 2 is 1.88 bits per heavy atom. The molecule has 0 saturated heterocycles. The number of phenolic OH excluding ortho intramolecular Hbond substituents is 1. The molecule has 0 spiro atoms. The highest BCUT2D eigenvalue weighted by atomic mass is 16.5. The van der Waals surface area contributed by atoms with Crippen molar-refractivity contribution in [3.8, 4) is 11.5 Å². The van der Waals surface area contributed by atoms with Crippen LogP contribution in [0.2, 0.25) is 0 Å². The Labute approximate surface area is 142 Å². The van der Waals surface area contributed by atoms with Gasteiger partial charge in [-0.2, -0.15) is 5.10 Å². The second-order valence-electron chi connectivity index (χ2n) is 5.80. The molecular weight excluding hydrogens is 304 g/mol. The Bertz CT molecular complexity index is 782. The predicted octanol–water partition coefficient (Wildman–Crippen LogP) is 3.15. The number of hydrazone groups is 1. The molecule has 5 heteroatoms. The van der Waals surface area contributed by atoms with E-state index in [1.165, 1.54) is 6.21 Å². The van der Waals surface area contributed by atoms with Gasteiger partial charge in [-0.25, -0.2) is 5.43 Å². The van der Waals surface area contributed by atoms with E-state index >= 15 is 0 Å². The molecule has 0 radical (unpaired) electrons.